The number of hydrogen-bond donors (Lipinski definition) is 1. The van der Waals surface area contributed by atoms with Crippen molar-refractivity contribution in [3.8, 4) is 0 Å². The van der Waals surface area contributed by atoms with Crippen LogP contribution in [-0.2, 0) is 4.79 Å². The van der Waals surface area contributed by atoms with Crippen LogP contribution in [0, 0.1) is 11.8 Å². The number of rotatable bonds is 2. The fourth-order valence-corrected chi connectivity index (χ4v) is 3.80. The average Bonchev–Trinajstić information content (AvgIpc) is 2.92. The third kappa shape index (κ3) is 2.14. The molecule has 1 aromatic carbocycles. The Labute approximate surface area is 121 Å². The highest BCUT2D eigenvalue weighted by Gasteiger charge is 2.45. The number of carbonyl (C=O) groups is 1. The highest BCUT2D eigenvalue weighted by molar-refractivity contribution is 5.86. The Hall–Kier alpha value is -1.35. The molecule has 2 fully saturated rings. The molecule has 5 atom stereocenters. The highest BCUT2D eigenvalue weighted by Crippen LogP contribution is 2.38. The number of nitrogens with one attached hydrogen (secondary N) is 1. The third-order valence-corrected chi connectivity index (χ3v) is 5.24. The molecule has 2 aliphatic rings. The summed E-state index contributed by atoms with van der Waals surface area (Å²) in [6.45, 7) is 6.70. The maximum atomic E-state index is 12.8. The molecular weight excluding hydrogens is 248 g/mol. The van der Waals surface area contributed by atoms with Crippen molar-refractivity contribution >= 4 is 5.91 Å². The summed E-state index contributed by atoms with van der Waals surface area (Å²) in [6.07, 6.45) is 2.50. The van der Waals surface area contributed by atoms with Crippen molar-refractivity contribution < 1.29 is 4.79 Å². The van der Waals surface area contributed by atoms with Crippen molar-refractivity contribution in [2.75, 3.05) is 0 Å². The maximum absolute atomic E-state index is 12.8. The van der Waals surface area contributed by atoms with Crippen LogP contribution in [0.4, 0.5) is 0 Å². The predicted molar refractivity (Wildman–Crippen MR) is 80.0 cm³/mol. The van der Waals surface area contributed by atoms with Crippen LogP contribution in [0.5, 0.6) is 0 Å². The van der Waals surface area contributed by atoms with Crippen LogP contribution >= 0.6 is 0 Å². The van der Waals surface area contributed by atoms with Crippen LogP contribution in [0.25, 0.3) is 0 Å². The topological polar surface area (TPSA) is 32.3 Å². The lowest BCUT2D eigenvalue weighted by atomic mass is 9.96. The average molecular weight is 272 g/mol. The monoisotopic (exact) mass is 272 g/mol. The van der Waals surface area contributed by atoms with Crippen LogP contribution in [-0.4, -0.2) is 23.0 Å². The first-order valence-corrected chi connectivity index (χ1v) is 7.72. The SMILES string of the molecule is CC1CCC(N2C(=O)C(c3ccccc3)NC2C)C1C. The molecule has 0 radical (unpaired) electrons. The Bertz CT molecular complexity index is 487. The summed E-state index contributed by atoms with van der Waals surface area (Å²) in [7, 11) is 0. The first kappa shape index (κ1) is 13.6. The van der Waals surface area contributed by atoms with Crippen LogP contribution in [0.1, 0.15) is 45.2 Å². The molecule has 1 aliphatic carbocycles. The van der Waals surface area contributed by atoms with Gasteiger partial charge in [0.25, 0.3) is 0 Å². The second-order valence-electron chi connectivity index (χ2n) is 6.41. The fourth-order valence-electron chi connectivity index (χ4n) is 3.80. The quantitative estimate of drug-likeness (QED) is 0.897. The lowest BCUT2D eigenvalue weighted by molar-refractivity contribution is -0.132. The summed E-state index contributed by atoms with van der Waals surface area (Å²) in [5.74, 6) is 1.56. The molecule has 1 heterocycles. The van der Waals surface area contributed by atoms with Gasteiger partial charge in [0.2, 0.25) is 5.91 Å². The van der Waals surface area contributed by atoms with E-state index in [9.17, 15) is 4.79 Å². The number of hydrogen-bond acceptors (Lipinski definition) is 2. The van der Waals surface area contributed by atoms with Crippen LogP contribution < -0.4 is 5.32 Å². The minimum absolute atomic E-state index is 0.130. The van der Waals surface area contributed by atoms with Crippen molar-refractivity contribution in [2.45, 2.75) is 51.9 Å². The normalized spacial score (nSPS) is 37.6. The van der Waals surface area contributed by atoms with E-state index in [4.69, 9.17) is 0 Å². The number of amides is 1. The van der Waals surface area contributed by atoms with Crippen molar-refractivity contribution in [2.24, 2.45) is 11.8 Å². The van der Waals surface area contributed by atoms with Gasteiger partial charge in [0, 0.05) is 6.04 Å². The van der Waals surface area contributed by atoms with Crippen LogP contribution in [0.15, 0.2) is 30.3 Å². The largest absolute Gasteiger partial charge is 0.323 e. The lowest BCUT2D eigenvalue weighted by Crippen LogP contribution is -2.44. The van der Waals surface area contributed by atoms with Crippen molar-refractivity contribution in [3.63, 3.8) is 0 Å². The Morgan fingerprint density at radius 2 is 1.80 bits per heavy atom. The van der Waals surface area contributed by atoms with Crippen LogP contribution in [0.3, 0.4) is 0 Å². The molecule has 5 unspecified atom stereocenters. The van der Waals surface area contributed by atoms with Gasteiger partial charge in [-0.2, -0.15) is 0 Å². The van der Waals surface area contributed by atoms with E-state index in [1.165, 1.54) is 6.42 Å². The molecule has 1 aliphatic heterocycles. The minimum Gasteiger partial charge on any atom is -0.323 e. The lowest BCUT2D eigenvalue weighted by Gasteiger charge is -2.32. The molecule has 1 saturated carbocycles. The molecule has 108 valence electrons. The van der Waals surface area contributed by atoms with Gasteiger partial charge in [0.1, 0.15) is 6.04 Å². The summed E-state index contributed by atoms with van der Waals surface area (Å²) < 4.78 is 0. The van der Waals surface area contributed by atoms with Gasteiger partial charge < -0.3 is 4.90 Å². The van der Waals surface area contributed by atoms with E-state index in [1.807, 2.05) is 30.3 Å². The molecule has 1 N–H and O–H groups in total. The first-order chi connectivity index (χ1) is 9.59. The molecule has 3 heteroatoms. The van der Waals surface area contributed by atoms with Gasteiger partial charge in [-0.15, -0.1) is 0 Å². The molecular formula is C17H24N2O. The number of benzene rings is 1. The number of carbonyl (C=O) groups excluding carboxylic acids is 1. The van der Waals surface area contributed by atoms with E-state index >= 15 is 0 Å². The third-order valence-electron chi connectivity index (χ3n) is 5.24. The summed E-state index contributed by atoms with van der Waals surface area (Å²) >= 11 is 0. The molecule has 20 heavy (non-hydrogen) atoms. The van der Waals surface area contributed by atoms with E-state index in [0.717, 1.165) is 17.9 Å². The van der Waals surface area contributed by atoms with Crippen molar-refractivity contribution in [1.29, 1.82) is 0 Å². The Kier molecular flexibility index (Phi) is 3.55. The summed E-state index contributed by atoms with van der Waals surface area (Å²) in [6, 6.07) is 10.3. The van der Waals surface area contributed by atoms with E-state index in [1.54, 1.807) is 0 Å². The molecule has 1 aromatic rings. The fraction of sp³-hybridized carbons (Fsp3) is 0.588. The second kappa shape index (κ2) is 5.21. The van der Waals surface area contributed by atoms with Gasteiger partial charge in [-0.3, -0.25) is 10.1 Å². The van der Waals surface area contributed by atoms with Crippen molar-refractivity contribution in [1.82, 2.24) is 10.2 Å². The summed E-state index contributed by atoms with van der Waals surface area (Å²) in [5.41, 5.74) is 1.07. The van der Waals surface area contributed by atoms with Gasteiger partial charge in [-0.25, -0.2) is 0 Å². The van der Waals surface area contributed by atoms with E-state index in [0.29, 0.717) is 12.0 Å². The highest BCUT2D eigenvalue weighted by atomic mass is 16.2. The molecule has 1 saturated heterocycles. The molecule has 3 nitrogen and oxygen atoms in total. The van der Waals surface area contributed by atoms with Gasteiger partial charge in [0.15, 0.2) is 0 Å². The molecule has 0 spiro atoms. The maximum Gasteiger partial charge on any atom is 0.245 e. The molecule has 0 aromatic heterocycles. The summed E-state index contributed by atoms with van der Waals surface area (Å²) in [4.78, 5) is 14.9. The van der Waals surface area contributed by atoms with Gasteiger partial charge in [-0.05, 0) is 37.2 Å². The standard InChI is InChI=1S/C17H24N2O/c1-11-9-10-15(12(11)2)19-13(3)18-16(17(19)20)14-7-5-4-6-8-14/h4-8,11-13,15-16,18H,9-10H2,1-3H3. The zero-order valence-corrected chi connectivity index (χ0v) is 12.5. The Morgan fingerprint density at radius 1 is 1.10 bits per heavy atom. The van der Waals surface area contributed by atoms with Gasteiger partial charge in [0.05, 0.1) is 6.17 Å². The second-order valence-corrected chi connectivity index (χ2v) is 6.41. The molecule has 1 amide bonds. The first-order valence-electron chi connectivity index (χ1n) is 7.72. The van der Waals surface area contributed by atoms with Gasteiger partial charge >= 0.3 is 0 Å². The Morgan fingerprint density at radius 3 is 2.40 bits per heavy atom. The summed E-state index contributed by atoms with van der Waals surface area (Å²) in [5, 5.41) is 3.46. The van der Waals surface area contributed by atoms with Gasteiger partial charge in [-0.1, -0.05) is 44.2 Å². The zero-order valence-electron chi connectivity index (χ0n) is 12.5. The van der Waals surface area contributed by atoms with Crippen molar-refractivity contribution in [3.05, 3.63) is 35.9 Å². The van der Waals surface area contributed by atoms with Crippen LogP contribution in [0.2, 0.25) is 0 Å². The predicted octanol–water partition coefficient (Wildman–Crippen LogP) is 2.94. The number of nitrogens with zero attached hydrogens (tertiary/aromatic N) is 1. The molecule has 3 rings (SSSR count). The van der Waals surface area contributed by atoms with E-state index in [2.05, 4.69) is 31.0 Å². The minimum atomic E-state index is -0.172. The molecule has 0 bridgehead atoms. The zero-order chi connectivity index (χ0) is 14.3. The Balaban J connectivity index is 1.83. The van der Waals surface area contributed by atoms with E-state index in [-0.39, 0.29) is 18.1 Å². The van der Waals surface area contributed by atoms with E-state index < -0.39 is 0 Å². The smallest absolute Gasteiger partial charge is 0.245 e.